The molecule has 0 saturated heterocycles. The number of ether oxygens (including phenoxy) is 1. The highest BCUT2D eigenvalue weighted by Gasteiger charge is 2.23. The first-order chi connectivity index (χ1) is 12.1. The monoisotopic (exact) mass is 381 g/mol. The van der Waals surface area contributed by atoms with E-state index in [-0.39, 0.29) is 21.9 Å². The summed E-state index contributed by atoms with van der Waals surface area (Å²) in [5, 5.41) is 11.7. The predicted molar refractivity (Wildman–Crippen MR) is 94.2 cm³/mol. The van der Waals surface area contributed by atoms with E-state index >= 15 is 0 Å². The van der Waals surface area contributed by atoms with Crippen molar-refractivity contribution in [2.45, 2.75) is 4.90 Å². The molecule has 1 amide bonds. The first kappa shape index (κ1) is 19.5. The summed E-state index contributed by atoms with van der Waals surface area (Å²) in [7, 11) is 2.01. The number of rotatable bonds is 6. The van der Waals surface area contributed by atoms with Crippen molar-refractivity contribution in [1.82, 2.24) is 8.87 Å². The lowest BCUT2D eigenvalue weighted by molar-refractivity contribution is 0.0693. The summed E-state index contributed by atoms with van der Waals surface area (Å²) < 4.78 is 31.8. The zero-order chi connectivity index (χ0) is 19.6. The number of benzene rings is 1. The normalized spacial score (nSPS) is 11.4. The number of aryl methyl sites for hydroxylation is 1. The average molecular weight is 381 g/mol. The van der Waals surface area contributed by atoms with Crippen LogP contribution in [0.3, 0.4) is 0 Å². The Morgan fingerprint density at radius 1 is 1.23 bits per heavy atom. The second-order valence-electron chi connectivity index (χ2n) is 5.63. The molecule has 0 bridgehead atoms. The number of amides is 1. The van der Waals surface area contributed by atoms with Crippen LogP contribution in [0.1, 0.15) is 20.8 Å². The number of carboxylic acids is 1. The van der Waals surface area contributed by atoms with Gasteiger partial charge in [-0.15, -0.1) is 0 Å². The van der Waals surface area contributed by atoms with Crippen LogP contribution in [0.15, 0.2) is 35.4 Å². The molecule has 0 spiro atoms. The van der Waals surface area contributed by atoms with Gasteiger partial charge in [0.25, 0.3) is 5.91 Å². The molecule has 0 aliphatic carbocycles. The van der Waals surface area contributed by atoms with Crippen molar-refractivity contribution in [1.29, 1.82) is 0 Å². The lowest BCUT2D eigenvalue weighted by Crippen LogP contribution is -2.21. The Morgan fingerprint density at radius 2 is 1.88 bits per heavy atom. The zero-order valence-electron chi connectivity index (χ0n) is 14.7. The molecular weight excluding hydrogens is 362 g/mol. The third kappa shape index (κ3) is 3.70. The van der Waals surface area contributed by atoms with Gasteiger partial charge in [-0.25, -0.2) is 17.5 Å². The van der Waals surface area contributed by atoms with Gasteiger partial charge < -0.3 is 19.7 Å². The summed E-state index contributed by atoms with van der Waals surface area (Å²) in [4.78, 5) is 23.6. The highest BCUT2D eigenvalue weighted by atomic mass is 32.2. The Morgan fingerprint density at radius 3 is 2.42 bits per heavy atom. The lowest BCUT2D eigenvalue weighted by Gasteiger charge is -2.09. The molecular formula is C16H19N3O6S. The molecule has 2 N–H and O–H groups in total. The fourth-order valence-electron chi connectivity index (χ4n) is 2.25. The van der Waals surface area contributed by atoms with Crippen LogP contribution in [-0.4, -0.2) is 55.5 Å². The Bertz CT molecular complexity index is 962. The number of carbonyl (C=O) groups is 2. The zero-order valence-corrected chi connectivity index (χ0v) is 15.5. The van der Waals surface area contributed by atoms with Crippen LogP contribution >= 0.6 is 0 Å². The number of methoxy groups -OCH3 is 1. The maximum Gasteiger partial charge on any atom is 0.339 e. The highest BCUT2D eigenvalue weighted by Crippen LogP contribution is 2.24. The van der Waals surface area contributed by atoms with Crippen molar-refractivity contribution in [3.05, 3.63) is 41.7 Å². The number of nitrogens with zero attached hydrogens (tertiary/aromatic N) is 2. The van der Waals surface area contributed by atoms with Gasteiger partial charge in [0.1, 0.15) is 21.9 Å². The molecule has 2 rings (SSSR count). The highest BCUT2D eigenvalue weighted by molar-refractivity contribution is 7.89. The van der Waals surface area contributed by atoms with E-state index in [2.05, 4.69) is 5.32 Å². The second-order valence-corrected chi connectivity index (χ2v) is 7.79. The summed E-state index contributed by atoms with van der Waals surface area (Å²) in [6.07, 6.45) is 1.35. The minimum atomic E-state index is -3.66. The van der Waals surface area contributed by atoms with Crippen LogP contribution in [0.2, 0.25) is 0 Å². The average Bonchev–Trinajstić information content (AvgIpc) is 2.96. The van der Waals surface area contributed by atoms with E-state index in [0.29, 0.717) is 5.69 Å². The Kier molecular flexibility index (Phi) is 5.38. The minimum absolute atomic E-state index is 0.00560. The van der Waals surface area contributed by atoms with Gasteiger partial charge in [-0.05, 0) is 18.2 Å². The van der Waals surface area contributed by atoms with Crippen LogP contribution < -0.4 is 10.1 Å². The molecule has 1 heterocycles. The first-order valence-corrected chi connectivity index (χ1v) is 8.83. The van der Waals surface area contributed by atoms with E-state index in [4.69, 9.17) is 9.84 Å². The molecule has 10 heteroatoms. The standard InChI is InChI=1S/C16H19N3O6S/c1-18(2)26(23,24)11-8-13(19(3)9-11)15(20)17-10-5-6-12(16(21)22)14(7-10)25-4/h5-9H,1-4H3,(H,17,20)(H,21,22). The van der Waals surface area contributed by atoms with E-state index in [9.17, 15) is 18.0 Å². The maximum absolute atomic E-state index is 12.5. The number of aromatic carboxylic acids is 1. The summed E-state index contributed by atoms with van der Waals surface area (Å²) in [6.45, 7) is 0. The van der Waals surface area contributed by atoms with Gasteiger partial charge in [-0.2, -0.15) is 0 Å². The molecule has 140 valence electrons. The minimum Gasteiger partial charge on any atom is -0.496 e. The Balaban J connectivity index is 2.31. The van der Waals surface area contributed by atoms with Gasteiger partial charge in [0.05, 0.1) is 7.11 Å². The van der Waals surface area contributed by atoms with Crippen LogP contribution in [0.4, 0.5) is 5.69 Å². The van der Waals surface area contributed by atoms with Crippen LogP contribution in [-0.2, 0) is 17.1 Å². The van der Waals surface area contributed by atoms with Crippen LogP contribution in [0.5, 0.6) is 5.75 Å². The first-order valence-electron chi connectivity index (χ1n) is 7.39. The maximum atomic E-state index is 12.5. The van der Waals surface area contributed by atoms with E-state index < -0.39 is 21.9 Å². The number of nitrogens with one attached hydrogen (secondary N) is 1. The van der Waals surface area contributed by atoms with E-state index in [1.807, 2.05) is 0 Å². The van der Waals surface area contributed by atoms with Crippen molar-refractivity contribution < 1.29 is 27.9 Å². The smallest absolute Gasteiger partial charge is 0.339 e. The van der Waals surface area contributed by atoms with E-state index in [0.717, 1.165) is 4.31 Å². The SMILES string of the molecule is COc1cc(NC(=O)c2cc(S(=O)(=O)N(C)C)cn2C)ccc1C(=O)O. The molecule has 2 aromatic rings. The lowest BCUT2D eigenvalue weighted by atomic mass is 10.2. The quantitative estimate of drug-likeness (QED) is 0.777. The molecule has 9 nitrogen and oxygen atoms in total. The van der Waals surface area contributed by atoms with Crippen molar-refractivity contribution in [3.63, 3.8) is 0 Å². The Labute approximate surface area is 150 Å². The van der Waals surface area contributed by atoms with Crippen molar-refractivity contribution in [2.24, 2.45) is 7.05 Å². The number of hydrogen-bond acceptors (Lipinski definition) is 5. The van der Waals surface area contributed by atoms with Crippen LogP contribution in [0, 0.1) is 0 Å². The molecule has 0 aliphatic heterocycles. The molecule has 0 fully saturated rings. The summed E-state index contributed by atoms with van der Waals surface area (Å²) >= 11 is 0. The summed E-state index contributed by atoms with van der Waals surface area (Å²) in [6, 6.07) is 5.38. The number of carbonyl (C=O) groups excluding carboxylic acids is 1. The van der Waals surface area contributed by atoms with Gasteiger partial charge in [0.15, 0.2) is 0 Å². The van der Waals surface area contributed by atoms with Gasteiger partial charge in [0.2, 0.25) is 10.0 Å². The fourth-order valence-corrected chi connectivity index (χ4v) is 3.23. The topological polar surface area (TPSA) is 118 Å². The van der Waals surface area contributed by atoms with Crippen LogP contribution in [0.25, 0.3) is 0 Å². The molecule has 0 atom stereocenters. The number of sulfonamides is 1. The summed E-state index contributed by atoms with van der Waals surface area (Å²) in [5.74, 6) is -1.60. The molecule has 1 aromatic carbocycles. The molecule has 0 unspecified atom stereocenters. The predicted octanol–water partition coefficient (Wildman–Crippen LogP) is 1.23. The fraction of sp³-hybridized carbons (Fsp3) is 0.250. The molecule has 0 radical (unpaired) electrons. The van der Waals surface area contributed by atoms with E-state index in [1.165, 1.54) is 56.2 Å². The Hall–Kier alpha value is -2.85. The third-order valence-electron chi connectivity index (χ3n) is 3.68. The largest absolute Gasteiger partial charge is 0.496 e. The van der Waals surface area contributed by atoms with Crippen molar-refractivity contribution in [2.75, 3.05) is 26.5 Å². The molecule has 1 aromatic heterocycles. The van der Waals surface area contributed by atoms with Gasteiger partial charge >= 0.3 is 5.97 Å². The third-order valence-corrected chi connectivity index (χ3v) is 5.46. The summed E-state index contributed by atoms with van der Waals surface area (Å²) in [5.41, 5.74) is 0.408. The van der Waals surface area contributed by atoms with E-state index in [1.54, 1.807) is 7.05 Å². The number of carboxylic acid groups (broad SMARTS) is 1. The molecule has 26 heavy (non-hydrogen) atoms. The number of anilines is 1. The number of hydrogen-bond donors (Lipinski definition) is 2. The number of aromatic nitrogens is 1. The second kappa shape index (κ2) is 7.18. The molecule has 0 aliphatic rings. The van der Waals surface area contributed by atoms with Gasteiger partial charge in [-0.1, -0.05) is 0 Å². The van der Waals surface area contributed by atoms with Crippen molar-refractivity contribution >= 4 is 27.6 Å². The van der Waals surface area contributed by atoms with Gasteiger partial charge in [0, 0.05) is 39.1 Å². The van der Waals surface area contributed by atoms with Gasteiger partial charge in [-0.3, -0.25) is 4.79 Å². The molecule has 0 saturated carbocycles. The van der Waals surface area contributed by atoms with Crippen molar-refractivity contribution in [3.8, 4) is 5.75 Å².